The van der Waals surface area contributed by atoms with E-state index in [9.17, 15) is 9.59 Å². The van der Waals surface area contributed by atoms with Crippen LogP contribution in [0.3, 0.4) is 0 Å². The third kappa shape index (κ3) is 5.85. The Hall–Kier alpha value is -2.17. The molecule has 0 radical (unpaired) electrons. The SMILES string of the molecule is CC.CC.CC(C)(C)C(=O)OCn1cnc2ccccc2c1=O. The van der Waals surface area contributed by atoms with Crippen molar-refractivity contribution < 1.29 is 9.53 Å². The molecule has 0 aliphatic rings. The standard InChI is InChI=1S/C14H16N2O3.2C2H6/c1-14(2,3)13(18)19-9-16-8-15-11-7-5-4-6-10(11)12(16)17;2*1-2/h4-8H,9H2,1-3H3;2*1-2H3. The quantitative estimate of drug-likeness (QED) is 0.785. The summed E-state index contributed by atoms with van der Waals surface area (Å²) in [5, 5.41) is 0.511. The molecule has 0 atom stereocenters. The van der Waals surface area contributed by atoms with E-state index in [-0.39, 0.29) is 18.3 Å². The maximum atomic E-state index is 12.1. The first-order valence-electron chi connectivity index (χ1n) is 8.01. The molecule has 2 aromatic rings. The van der Waals surface area contributed by atoms with E-state index in [1.165, 1.54) is 10.9 Å². The number of benzene rings is 1. The summed E-state index contributed by atoms with van der Waals surface area (Å²) in [6.45, 7) is 13.2. The molecule has 0 amide bonds. The van der Waals surface area contributed by atoms with Gasteiger partial charge >= 0.3 is 5.97 Å². The summed E-state index contributed by atoms with van der Waals surface area (Å²) in [5.74, 6) is -0.354. The zero-order chi connectivity index (χ0) is 18.0. The summed E-state index contributed by atoms with van der Waals surface area (Å²) in [7, 11) is 0. The van der Waals surface area contributed by atoms with Crippen molar-refractivity contribution in [2.45, 2.75) is 55.2 Å². The summed E-state index contributed by atoms with van der Waals surface area (Å²) in [6, 6.07) is 7.06. The maximum Gasteiger partial charge on any atom is 0.312 e. The van der Waals surface area contributed by atoms with E-state index in [1.807, 2.05) is 33.8 Å². The Balaban J connectivity index is 0.00000112. The second kappa shape index (κ2) is 9.77. The molecule has 0 bridgehead atoms. The number of hydrogen-bond acceptors (Lipinski definition) is 4. The predicted molar refractivity (Wildman–Crippen MR) is 94.2 cm³/mol. The zero-order valence-electron chi connectivity index (χ0n) is 15.2. The molecule has 1 heterocycles. The van der Waals surface area contributed by atoms with Gasteiger partial charge in [0, 0.05) is 0 Å². The van der Waals surface area contributed by atoms with Crippen LogP contribution in [0.25, 0.3) is 10.9 Å². The Morgan fingerprint density at radius 3 is 2.26 bits per heavy atom. The fourth-order valence-corrected chi connectivity index (χ4v) is 1.54. The molecule has 1 aromatic carbocycles. The van der Waals surface area contributed by atoms with Crippen LogP contribution in [-0.2, 0) is 16.3 Å². The number of carbonyl (C=O) groups is 1. The monoisotopic (exact) mass is 320 g/mol. The Morgan fingerprint density at radius 1 is 1.13 bits per heavy atom. The van der Waals surface area contributed by atoms with Gasteiger partial charge in [0.25, 0.3) is 5.56 Å². The molecule has 5 nitrogen and oxygen atoms in total. The molecule has 0 saturated heterocycles. The predicted octanol–water partition coefficient (Wildman–Crippen LogP) is 4.00. The zero-order valence-corrected chi connectivity index (χ0v) is 15.2. The number of ether oxygens (including phenoxy) is 1. The fourth-order valence-electron chi connectivity index (χ4n) is 1.54. The van der Waals surface area contributed by atoms with Gasteiger partial charge in [0.2, 0.25) is 0 Å². The number of para-hydroxylation sites is 1. The van der Waals surface area contributed by atoms with Crippen LogP contribution in [0.4, 0.5) is 0 Å². The first-order valence-corrected chi connectivity index (χ1v) is 8.01. The molecule has 1 aromatic heterocycles. The third-order valence-electron chi connectivity index (χ3n) is 2.68. The van der Waals surface area contributed by atoms with Gasteiger partial charge in [0.05, 0.1) is 16.3 Å². The van der Waals surface area contributed by atoms with Gasteiger partial charge < -0.3 is 4.74 Å². The normalized spacial score (nSPS) is 10.0. The van der Waals surface area contributed by atoms with E-state index in [0.29, 0.717) is 10.9 Å². The molecule has 128 valence electrons. The summed E-state index contributed by atoms with van der Waals surface area (Å²) in [6.07, 6.45) is 1.39. The van der Waals surface area contributed by atoms with Crippen LogP contribution in [0.5, 0.6) is 0 Å². The minimum absolute atomic E-state index is 0.118. The molecule has 0 spiro atoms. The number of hydrogen-bond donors (Lipinski definition) is 0. The Kier molecular flexibility index (Phi) is 8.85. The first kappa shape index (κ1) is 20.8. The molecule has 5 heteroatoms. The van der Waals surface area contributed by atoms with Crippen molar-refractivity contribution in [3.8, 4) is 0 Å². The lowest BCUT2D eigenvalue weighted by Crippen LogP contribution is -2.28. The number of nitrogens with zero attached hydrogens (tertiary/aromatic N) is 2. The first-order chi connectivity index (χ1) is 10.9. The maximum absolute atomic E-state index is 12.1. The molecule has 0 aliphatic heterocycles. The van der Waals surface area contributed by atoms with Crippen molar-refractivity contribution in [1.82, 2.24) is 9.55 Å². The van der Waals surface area contributed by atoms with Crippen molar-refractivity contribution in [3.05, 3.63) is 40.9 Å². The highest BCUT2D eigenvalue weighted by molar-refractivity contribution is 5.77. The lowest BCUT2D eigenvalue weighted by molar-refractivity contribution is -0.157. The molecular weight excluding hydrogens is 292 g/mol. The highest BCUT2D eigenvalue weighted by Crippen LogP contribution is 2.15. The average Bonchev–Trinajstić information content (AvgIpc) is 2.57. The van der Waals surface area contributed by atoms with E-state index in [1.54, 1.807) is 39.0 Å². The number of fused-ring (bicyclic) bond motifs is 1. The van der Waals surface area contributed by atoms with Gasteiger partial charge in [0.15, 0.2) is 6.73 Å². The lowest BCUT2D eigenvalue weighted by Gasteiger charge is -2.17. The van der Waals surface area contributed by atoms with Crippen LogP contribution in [-0.4, -0.2) is 15.5 Å². The van der Waals surface area contributed by atoms with Crippen LogP contribution >= 0.6 is 0 Å². The summed E-state index contributed by atoms with van der Waals surface area (Å²) in [4.78, 5) is 27.9. The van der Waals surface area contributed by atoms with Crippen molar-refractivity contribution in [1.29, 1.82) is 0 Å². The van der Waals surface area contributed by atoms with Crippen molar-refractivity contribution in [2.75, 3.05) is 0 Å². The minimum atomic E-state index is -0.589. The number of esters is 1. The summed E-state index contributed by atoms with van der Waals surface area (Å²) >= 11 is 0. The van der Waals surface area contributed by atoms with Crippen LogP contribution in [0.2, 0.25) is 0 Å². The van der Waals surface area contributed by atoms with Crippen LogP contribution in [0.1, 0.15) is 48.5 Å². The molecule has 0 saturated carbocycles. The van der Waals surface area contributed by atoms with Crippen molar-refractivity contribution in [2.24, 2.45) is 5.41 Å². The van der Waals surface area contributed by atoms with Crippen molar-refractivity contribution >= 4 is 16.9 Å². The number of aromatic nitrogens is 2. The number of carbonyl (C=O) groups excluding carboxylic acids is 1. The molecular formula is C18H28N2O3. The van der Waals surface area contributed by atoms with Gasteiger partial charge in [-0.2, -0.15) is 0 Å². The largest absolute Gasteiger partial charge is 0.443 e. The molecule has 0 aliphatic carbocycles. The smallest absolute Gasteiger partial charge is 0.312 e. The molecule has 2 rings (SSSR count). The van der Waals surface area contributed by atoms with E-state index < -0.39 is 5.41 Å². The van der Waals surface area contributed by atoms with Gasteiger partial charge in [0.1, 0.15) is 6.33 Å². The van der Waals surface area contributed by atoms with E-state index >= 15 is 0 Å². The topological polar surface area (TPSA) is 61.2 Å². The highest BCUT2D eigenvalue weighted by atomic mass is 16.5. The second-order valence-electron chi connectivity index (χ2n) is 5.35. The molecule has 0 unspecified atom stereocenters. The van der Waals surface area contributed by atoms with Gasteiger partial charge in [-0.15, -0.1) is 0 Å². The van der Waals surface area contributed by atoms with E-state index in [2.05, 4.69) is 4.98 Å². The van der Waals surface area contributed by atoms with E-state index in [4.69, 9.17) is 4.74 Å². The van der Waals surface area contributed by atoms with Crippen LogP contribution in [0.15, 0.2) is 35.4 Å². The Labute approximate surface area is 138 Å². The van der Waals surface area contributed by atoms with Crippen molar-refractivity contribution in [3.63, 3.8) is 0 Å². The van der Waals surface area contributed by atoms with Crippen LogP contribution in [0, 0.1) is 5.41 Å². The summed E-state index contributed by atoms with van der Waals surface area (Å²) < 4.78 is 6.39. The fraction of sp³-hybridized carbons (Fsp3) is 0.500. The lowest BCUT2D eigenvalue weighted by atomic mass is 9.98. The Bertz CT molecular complexity index is 670. The molecule has 0 fully saturated rings. The minimum Gasteiger partial charge on any atom is -0.443 e. The third-order valence-corrected chi connectivity index (χ3v) is 2.68. The average molecular weight is 320 g/mol. The summed E-state index contributed by atoms with van der Waals surface area (Å²) in [5.41, 5.74) is -0.174. The number of rotatable bonds is 2. The highest BCUT2D eigenvalue weighted by Gasteiger charge is 2.23. The second-order valence-corrected chi connectivity index (χ2v) is 5.35. The molecule has 23 heavy (non-hydrogen) atoms. The van der Waals surface area contributed by atoms with Gasteiger partial charge in [-0.05, 0) is 32.9 Å². The van der Waals surface area contributed by atoms with Gasteiger partial charge in [-0.3, -0.25) is 14.2 Å². The van der Waals surface area contributed by atoms with E-state index in [0.717, 1.165) is 0 Å². The van der Waals surface area contributed by atoms with Crippen LogP contribution < -0.4 is 5.56 Å². The van der Waals surface area contributed by atoms with Gasteiger partial charge in [-0.1, -0.05) is 39.8 Å². The molecule has 0 N–H and O–H groups in total. The Morgan fingerprint density at radius 2 is 1.70 bits per heavy atom. The van der Waals surface area contributed by atoms with Gasteiger partial charge in [-0.25, -0.2) is 4.98 Å².